The van der Waals surface area contributed by atoms with E-state index in [2.05, 4.69) is 4.72 Å². The number of benzene rings is 1. The standard InChI is InChI=1S/C11H16FN3O4S/c1-4-11(2,3)14-20(18,19)10-8(12)5-7(15(16)17)6-9(10)13/h5-6,14H,4,13H2,1-3H3. The Morgan fingerprint density at radius 2 is 2.00 bits per heavy atom. The van der Waals surface area contributed by atoms with E-state index in [1.165, 1.54) is 0 Å². The summed E-state index contributed by atoms with van der Waals surface area (Å²) in [6, 6.07) is 1.35. The topological polar surface area (TPSA) is 115 Å². The first kappa shape index (κ1) is 16.3. The van der Waals surface area contributed by atoms with Gasteiger partial charge in [0.25, 0.3) is 5.69 Å². The molecule has 0 aliphatic rings. The highest BCUT2D eigenvalue weighted by Gasteiger charge is 2.30. The van der Waals surface area contributed by atoms with Gasteiger partial charge in [0.1, 0.15) is 4.90 Å². The molecule has 20 heavy (non-hydrogen) atoms. The molecule has 7 nitrogen and oxygen atoms in total. The Hall–Kier alpha value is -1.74. The SMILES string of the molecule is CCC(C)(C)NS(=O)(=O)c1c(N)cc([N+](=O)[O-])cc1F. The zero-order valence-corrected chi connectivity index (χ0v) is 12.1. The van der Waals surface area contributed by atoms with Crippen molar-refractivity contribution in [3.8, 4) is 0 Å². The number of nitro benzene ring substituents is 1. The van der Waals surface area contributed by atoms with Gasteiger partial charge in [-0.2, -0.15) is 0 Å². The van der Waals surface area contributed by atoms with E-state index in [-0.39, 0.29) is 0 Å². The summed E-state index contributed by atoms with van der Waals surface area (Å²) in [6.45, 7) is 5.02. The van der Waals surface area contributed by atoms with Gasteiger partial charge in [0, 0.05) is 11.6 Å². The average Bonchev–Trinajstić information content (AvgIpc) is 2.25. The summed E-state index contributed by atoms with van der Waals surface area (Å²) in [5, 5.41) is 10.6. The quantitative estimate of drug-likeness (QED) is 0.489. The summed E-state index contributed by atoms with van der Waals surface area (Å²) in [5.41, 5.74) is 3.54. The lowest BCUT2D eigenvalue weighted by Gasteiger charge is -2.24. The maximum absolute atomic E-state index is 13.8. The molecule has 3 N–H and O–H groups in total. The highest BCUT2D eigenvalue weighted by atomic mass is 32.2. The molecule has 0 saturated carbocycles. The second kappa shape index (κ2) is 5.33. The second-order valence-electron chi connectivity index (χ2n) is 4.95. The molecule has 0 fully saturated rings. The van der Waals surface area contributed by atoms with E-state index in [4.69, 9.17) is 5.73 Å². The number of nitro groups is 1. The largest absolute Gasteiger partial charge is 0.397 e. The zero-order valence-electron chi connectivity index (χ0n) is 11.3. The molecule has 1 rings (SSSR count). The van der Waals surface area contributed by atoms with E-state index in [0.717, 1.165) is 6.07 Å². The van der Waals surface area contributed by atoms with Crippen LogP contribution in [0.3, 0.4) is 0 Å². The van der Waals surface area contributed by atoms with Crippen LogP contribution >= 0.6 is 0 Å². The average molecular weight is 305 g/mol. The molecule has 0 bridgehead atoms. The Kier molecular flexibility index (Phi) is 4.35. The fourth-order valence-corrected chi connectivity index (χ4v) is 3.13. The number of hydrogen-bond acceptors (Lipinski definition) is 5. The number of nitrogens with zero attached hydrogens (tertiary/aromatic N) is 1. The monoisotopic (exact) mass is 305 g/mol. The van der Waals surface area contributed by atoms with Gasteiger partial charge < -0.3 is 5.73 Å². The summed E-state index contributed by atoms with van der Waals surface area (Å²) < 4.78 is 40.4. The molecular weight excluding hydrogens is 289 g/mol. The van der Waals surface area contributed by atoms with Gasteiger partial charge in [-0.3, -0.25) is 10.1 Å². The van der Waals surface area contributed by atoms with E-state index < -0.39 is 42.6 Å². The number of nitrogen functional groups attached to an aromatic ring is 1. The first-order chi connectivity index (χ1) is 9.00. The van der Waals surface area contributed by atoms with Crippen LogP contribution in [0, 0.1) is 15.9 Å². The van der Waals surface area contributed by atoms with Crippen LogP contribution in [0.2, 0.25) is 0 Å². The Labute approximate surface area is 116 Å². The van der Waals surface area contributed by atoms with Crippen molar-refractivity contribution in [1.29, 1.82) is 0 Å². The van der Waals surface area contributed by atoms with Crippen molar-refractivity contribution in [2.24, 2.45) is 0 Å². The second-order valence-corrected chi connectivity index (χ2v) is 6.57. The minimum atomic E-state index is -4.21. The molecule has 0 aliphatic heterocycles. The lowest BCUT2D eigenvalue weighted by molar-refractivity contribution is -0.385. The van der Waals surface area contributed by atoms with Gasteiger partial charge in [-0.1, -0.05) is 6.92 Å². The first-order valence-electron chi connectivity index (χ1n) is 5.77. The van der Waals surface area contributed by atoms with E-state index in [9.17, 15) is 22.9 Å². The van der Waals surface area contributed by atoms with Gasteiger partial charge in [0.15, 0.2) is 5.82 Å². The molecular formula is C11H16FN3O4S. The summed E-state index contributed by atoms with van der Waals surface area (Å²) in [6.07, 6.45) is 0.473. The molecule has 1 aromatic rings. The van der Waals surface area contributed by atoms with Crippen LogP contribution in [0.4, 0.5) is 15.8 Å². The lowest BCUT2D eigenvalue weighted by Crippen LogP contribution is -2.43. The van der Waals surface area contributed by atoms with Gasteiger partial charge in [-0.15, -0.1) is 0 Å². The van der Waals surface area contributed by atoms with E-state index in [1.54, 1.807) is 20.8 Å². The maximum atomic E-state index is 13.8. The fourth-order valence-electron chi connectivity index (χ4n) is 1.48. The number of non-ortho nitro benzene ring substituents is 1. The molecule has 0 aliphatic carbocycles. The Bertz CT molecular complexity index is 620. The summed E-state index contributed by atoms with van der Waals surface area (Å²) in [7, 11) is -4.21. The van der Waals surface area contributed by atoms with Crippen molar-refractivity contribution in [2.75, 3.05) is 5.73 Å². The molecule has 0 unspecified atom stereocenters. The molecule has 0 atom stereocenters. The van der Waals surface area contributed by atoms with Gasteiger partial charge in [-0.05, 0) is 20.3 Å². The number of sulfonamides is 1. The van der Waals surface area contributed by atoms with Gasteiger partial charge in [-0.25, -0.2) is 17.5 Å². The molecule has 0 aromatic heterocycles. The van der Waals surface area contributed by atoms with Gasteiger partial charge in [0.2, 0.25) is 10.0 Å². The van der Waals surface area contributed by atoms with Crippen LogP contribution in [0.15, 0.2) is 17.0 Å². The Balaban J connectivity index is 3.37. The highest BCUT2D eigenvalue weighted by Crippen LogP contribution is 2.28. The van der Waals surface area contributed by atoms with Crippen molar-refractivity contribution in [3.63, 3.8) is 0 Å². The minimum Gasteiger partial charge on any atom is -0.397 e. The number of nitrogens with one attached hydrogen (secondary N) is 1. The third kappa shape index (κ3) is 3.42. The molecule has 0 amide bonds. The number of hydrogen-bond donors (Lipinski definition) is 2. The van der Waals surface area contributed by atoms with E-state index >= 15 is 0 Å². The number of nitrogens with two attached hydrogens (primary N) is 1. The van der Waals surface area contributed by atoms with Crippen LogP contribution in [-0.2, 0) is 10.0 Å². The van der Waals surface area contributed by atoms with E-state index in [1.807, 2.05) is 0 Å². The molecule has 0 heterocycles. The van der Waals surface area contributed by atoms with E-state index in [0.29, 0.717) is 12.5 Å². The molecule has 0 radical (unpaired) electrons. The van der Waals surface area contributed by atoms with Gasteiger partial charge >= 0.3 is 0 Å². The van der Waals surface area contributed by atoms with Crippen molar-refractivity contribution in [2.45, 2.75) is 37.6 Å². The van der Waals surface area contributed by atoms with Crippen LogP contribution in [0.25, 0.3) is 0 Å². The van der Waals surface area contributed by atoms with Crippen LogP contribution in [-0.4, -0.2) is 18.9 Å². The molecule has 112 valence electrons. The summed E-state index contributed by atoms with van der Waals surface area (Å²) in [4.78, 5) is 8.94. The maximum Gasteiger partial charge on any atom is 0.274 e. The van der Waals surface area contributed by atoms with Crippen molar-refractivity contribution in [3.05, 3.63) is 28.1 Å². The van der Waals surface area contributed by atoms with Crippen LogP contribution in [0.5, 0.6) is 0 Å². The highest BCUT2D eigenvalue weighted by molar-refractivity contribution is 7.89. The number of rotatable bonds is 5. The smallest absolute Gasteiger partial charge is 0.274 e. The third-order valence-corrected chi connectivity index (χ3v) is 4.62. The van der Waals surface area contributed by atoms with Gasteiger partial charge in [0.05, 0.1) is 16.7 Å². The number of anilines is 1. The first-order valence-corrected chi connectivity index (χ1v) is 7.26. The fraction of sp³-hybridized carbons (Fsp3) is 0.455. The van der Waals surface area contributed by atoms with Crippen molar-refractivity contribution < 1.29 is 17.7 Å². The molecule has 1 aromatic carbocycles. The molecule has 0 saturated heterocycles. The zero-order chi connectivity index (χ0) is 15.7. The summed E-state index contributed by atoms with van der Waals surface area (Å²) >= 11 is 0. The molecule has 9 heteroatoms. The third-order valence-electron chi connectivity index (χ3n) is 2.83. The predicted octanol–water partition coefficient (Wildman–Crippen LogP) is 1.78. The van der Waals surface area contributed by atoms with Crippen molar-refractivity contribution in [1.82, 2.24) is 4.72 Å². The molecule has 0 spiro atoms. The Morgan fingerprint density at radius 3 is 2.40 bits per heavy atom. The van der Waals surface area contributed by atoms with Crippen molar-refractivity contribution >= 4 is 21.4 Å². The normalized spacial score (nSPS) is 12.4. The van der Waals surface area contributed by atoms with Crippen LogP contribution in [0.1, 0.15) is 27.2 Å². The minimum absolute atomic E-state index is 0.473. The lowest BCUT2D eigenvalue weighted by atomic mass is 10.0. The predicted molar refractivity (Wildman–Crippen MR) is 72.2 cm³/mol. The Morgan fingerprint density at radius 1 is 1.45 bits per heavy atom. The summed E-state index contributed by atoms with van der Waals surface area (Å²) in [5.74, 6) is -1.25. The van der Waals surface area contributed by atoms with Crippen LogP contribution < -0.4 is 10.5 Å². The number of halogens is 1.